The minimum atomic E-state index is 0.682. The highest BCUT2D eigenvalue weighted by molar-refractivity contribution is 7.80. The van der Waals surface area contributed by atoms with E-state index in [4.69, 9.17) is 40.2 Å². The van der Waals surface area contributed by atoms with Gasteiger partial charge in [0.2, 0.25) is 0 Å². The van der Waals surface area contributed by atoms with E-state index in [1.165, 1.54) is 0 Å². The van der Waals surface area contributed by atoms with E-state index in [1.807, 2.05) is 42.5 Å². The van der Waals surface area contributed by atoms with Crippen LogP contribution in [0.3, 0.4) is 0 Å². The molecule has 1 aliphatic heterocycles. The van der Waals surface area contributed by atoms with Crippen molar-refractivity contribution in [1.82, 2.24) is 9.80 Å². The minimum absolute atomic E-state index is 0.682. The van der Waals surface area contributed by atoms with Crippen LogP contribution in [0.4, 0.5) is 5.69 Å². The van der Waals surface area contributed by atoms with E-state index in [2.05, 4.69) is 21.2 Å². The average molecular weight is 438 g/mol. The minimum Gasteiger partial charge on any atom is -0.379 e. The largest absolute Gasteiger partial charge is 0.379 e. The molecule has 4 nitrogen and oxygen atoms in total. The first-order valence-electron chi connectivity index (χ1n) is 9.46. The van der Waals surface area contributed by atoms with Crippen LogP contribution in [0.15, 0.2) is 48.5 Å². The summed E-state index contributed by atoms with van der Waals surface area (Å²) in [4.78, 5) is 4.62. The lowest BCUT2D eigenvalue weighted by molar-refractivity contribution is 0.0368. The summed E-state index contributed by atoms with van der Waals surface area (Å²) < 4.78 is 5.43. The summed E-state index contributed by atoms with van der Waals surface area (Å²) in [6.45, 7) is 6.24. The summed E-state index contributed by atoms with van der Waals surface area (Å²) in [5.74, 6) is 0. The fourth-order valence-electron chi connectivity index (χ4n) is 3.19. The van der Waals surface area contributed by atoms with Crippen molar-refractivity contribution in [3.05, 3.63) is 64.1 Å². The lowest BCUT2D eigenvalue weighted by Crippen LogP contribution is -2.40. The van der Waals surface area contributed by atoms with Crippen LogP contribution in [0, 0.1) is 0 Å². The van der Waals surface area contributed by atoms with E-state index >= 15 is 0 Å². The number of ether oxygens (including phenoxy) is 1. The van der Waals surface area contributed by atoms with Crippen LogP contribution >= 0.6 is 35.4 Å². The van der Waals surface area contributed by atoms with Gasteiger partial charge in [-0.2, -0.15) is 0 Å². The van der Waals surface area contributed by atoms with Gasteiger partial charge in [-0.15, -0.1) is 0 Å². The molecule has 150 valence electrons. The third kappa shape index (κ3) is 6.90. The number of benzene rings is 2. The molecular formula is C21H25Cl2N3OS. The predicted molar refractivity (Wildman–Crippen MR) is 121 cm³/mol. The summed E-state index contributed by atoms with van der Waals surface area (Å²) in [6, 6.07) is 15.5. The van der Waals surface area contributed by atoms with Crippen molar-refractivity contribution in [2.24, 2.45) is 0 Å². The van der Waals surface area contributed by atoms with Gasteiger partial charge >= 0.3 is 0 Å². The van der Waals surface area contributed by atoms with E-state index in [9.17, 15) is 0 Å². The van der Waals surface area contributed by atoms with E-state index in [1.54, 1.807) is 0 Å². The zero-order valence-electron chi connectivity index (χ0n) is 15.7. The molecule has 2 aromatic carbocycles. The number of hydrogen-bond acceptors (Lipinski definition) is 3. The first-order chi connectivity index (χ1) is 13.6. The molecule has 0 spiro atoms. The molecule has 7 heteroatoms. The summed E-state index contributed by atoms with van der Waals surface area (Å²) in [5.41, 5.74) is 2.02. The molecule has 2 aromatic rings. The Labute approximate surface area is 182 Å². The Bertz CT molecular complexity index is 784. The van der Waals surface area contributed by atoms with E-state index in [-0.39, 0.29) is 0 Å². The van der Waals surface area contributed by atoms with Gasteiger partial charge in [0.25, 0.3) is 0 Å². The van der Waals surface area contributed by atoms with E-state index in [0.29, 0.717) is 16.7 Å². The van der Waals surface area contributed by atoms with E-state index < -0.39 is 0 Å². The Morgan fingerprint density at radius 1 is 1.07 bits per heavy atom. The van der Waals surface area contributed by atoms with Crippen LogP contribution in [0.2, 0.25) is 10.0 Å². The molecular weight excluding hydrogens is 413 g/mol. The normalized spacial score (nSPS) is 14.6. The Hall–Kier alpha value is -1.37. The van der Waals surface area contributed by atoms with Crippen LogP contribution in [-0.4, -0.2) is 54.3 Å². The predicted octanol–water partition coefficient (Wildman–Crippen LogP) is 4.91. The zero-order chi connectivity index (χ0) is 19.8. The van der Waals surface area contributed by atoms with Gasteiger partial charge in [-0.25, -0.2) is 0 Å². The lowest BCUT2D eigenvalue weighted by atomic mass is 10.2. The molecule has 1 fully saturated rings. The molecule has 1 heterocycles. The number of rotatable bonds is 7. The van der Waals surface area contributed by atoms with Gasteiger partial charge in [-0.3, -0.25) is 4.90 Å². The van der Waals surface area contributed by atoms with Crippen molar-refractivity contribution >= 4 is 46.2 Å². The molecule has 1 saturated heterocycles. The van der Waals surface area contributed by atoms with Crippen LogP contribution in [0.25, 0.3) is 0 Å². The number of hydrogen-bond donors (Lipinski definition) is 1. The maximum atomic E-state index is 6.16. The van der Waals surface area contributed by atoms with Crippen molar-refractivity contribution in [1.29, 1.82) is 0 Å². The van der Waals surface area contributed by atoms with Gasteiger partial charge in [0.15, 0.2) is 5.11 Å². The summed E-state index contributed by atoms with van der Waals surface area (Å²) in [5, 5.41) is 5.41. The van der Waals surface area contributed by atoms with Crippen molar-refractivity contribution in [2.75, 3.05) is 44.7 Å². The highest BCUT2D eigenvalue weighted by Crippen LogP contribution is 2.17. The van der Waals surface area contributed by atoms with Crippen molar-refractivity contribution in [3.8, 4) is 0 Å². The smallest absolute Gasteiger partial charge is 0.173 e. The molecule has 1 aliphatic rings. The summed E-state index contributed by atoms with van der Waals surface area (Å²) in [6.07, 6.45) is 1.03. The Morgan fingerprint density at radius 3 is 2.50 bits per heavy atom. The number of thiocarbonyl (C=S) groups is 1. The summed E-state index contributed by atoms with van der Waals surface area (Å²) in [7, 11) is 0. The fourth-order valence-corrected chi connectivity index (χ4v) is 3.86. The third-order valence-electron chi connectivity index (χ3n) is 4.63. The van der Waals surface area contributed by atoms with E-state index in [0.717, 1.165) is 62.1 Å². The highest BCUT2D eigenvalue weighted by atomic mass is 35.5. The van der Waals surface area contributed by atoms with Crippen LogP contribution < -0.4 is 5.32 Å². The van der Waals surface area contributed by atoms with Crippen molar-refractivity contribution in [3.63, 3.8) is 0 Å². The van der Waals surface area contributed by atoms with Crippen molar-refractivity contribution in [2.45, 2.75) is 13.0 Å². The summed E-state index contributed by atoms with van der Waals surface area (Å²) >= 11 is 18.0. The first kappa shape index (κ1) is 21.3. The number of nitrogens with zero attached hydrogens (tertiary/aromatic N) is 2. The molecule has 1 N–H and O–H groups in total. The number of anilines is 1. The third-order valence-corrected chi connectivity index (χ3v) is 5.46. The molecule has 28 heavy (non-hydrogen) atoms. The molecule has 0 aliphatic carbocycles. The molecule has 0 saturated carbocycles. The fraction of sp³-hybridized carbons (Fsp3) is 0.381. The maximum absolute atomic E-state index is 6.16. The molecule has 0 aromatic heterocycles. The second-order valence-corrected chi connectivity index (χ2v) is 8.06. The van der Waals surface area contributed by atoms with Crippen molar-refractivity contribution < 1.29 is 4.74 Å². The molecule has 0 radical (unpaired) electrons. The quantitative estimate of drug-likeness (QED) is 0.620. The monoisotopic (exact) mass is 437 g/mol. The van der Waals surface area contributed by atoms with Gasteiger partial charge < -0.3 is 15.0 Å². The first-order valence-corrected chi connectivity index (χ1v) is 10.6. The van der Waals surface area contributed by atoms with Crippen LogP contribution in [0.1, 0.15) is 12.0 Å². The topological polar surface area (TPSA) is 27.7 Å². The number of morpholine rings is 1. The van der Waals surface area contributed by atoms with Gasteiger partial charge in [-0.05, 0) is 54.5 Å². The second kappa shape index (κ2) is 11.0. The maximum Gasteiger partial charge on any atom is 0.173 e. The van der Waals surface area contributed by atoms with Gasteiger partial charge in [-0.1, -0.05) is 41.4 Å². The average Bonchev–Trinajstić information content (AvgIpc) is 2.68. The molecule has 0 amide bonds. The highest BCUT2D eigenvalue weighted by Gasteiger charge is 2.14. The Kier molecular flexibility index (Phi) is 8.37. The van der Waals surface area contributed by atoms with Gasteiger partial charge in [0.05, 0.1) is 13.2 Å². The zero-order valence-corrected chi connectivity index (χ0v) is 18.1. The standard InChI is InChI=1S/C21H25Cl2N3OS/c22-18-5-1-4-17(14-18)16-26(9-3-8-25-10-12-27-13-11-25)21(28)24-20-7-2-6-19(23)15-20/h1-2,4-7,14-15H,3,8-13,16H2,(H,24,28). The Morgan fingerprint density at radius 2 is 1.79 bits per heavy atom. The number of halogens is 2. The Balaban J connectivity index is 1.63. The van der Waals surface area contributed by atoms with Crippen LogP contribution in [0.5, 0.6) is 0 Å². The van der Waals surface area contributed by atoms with Gasteiger partial charge in [0, 0.05) is 48.5 Å². The molecule has 3 rings (SSSR count). The SMILES string of the molecule is S=C(Nc1cccc(Cl)c1)N(CCCN1CCOCC1)Cc1cccc(Cl)c1. The van der Waals surface area contributed by atoms with Crippen LogP contribution in [-0.2, 0) is 11.3 Å². The second-order valence-electron chi connectivity index (χ2n) is 6.80. The lowest BCUT2D eigenvalue weighted by Gasteiger charge is -2.29. The molecule has 0 atom stereocenters. The molecule has 0 bridgehead atoms. The number of nitrogens with one attached hydrogen (secondary N) is 1. The van der Waals surface area contributed by atoms with Gasteiger partial charge in [0.1, 0.15) is 0 Å². The molecule has 0 unspecified atom stereocenters.